The lowest BCUT2D eigenvalue weighted by Crippen LogP contribution is -2.47. The van der Waals surface area contributed by atoms with Crippen LogP contribution in [0.1, 0.15) is 61.0 Å². The Morgan fingerprint density at radius 3 is 2.57 bits per heavy atom. The van der Waals surface area contributed by atoms with E-state index in [1.807, 2.05) is 37.2 Å². The molecule has 0 spiro atoms. The number of ether oxygens (including phenoxy) is 1. The van der Waals surface area contributed by atoms with Crippen LogP contribution in [-0.4, -0.2) is 98.4 Å². The SMILES string of the molecule is CN(C)CC[C@H]1Cc2cc(S(=O)(=O)NC(=O)c3ccc(N4CCN(CC5=C(c6ccc(Cl)cc6)CC(C)(C)CC5)CC4)cc3Oc3cnc4[nH]ccc4c3)cc([N+](=O)[O-])c2N1. The summed E-state index contributed by atoms with van der Waals surface area (Å²) in [5.41, 5.74) is 6.25. The number of amides is 1. The zero-order chi connectivity index (χ0) is 43.1. The number of aromatic nitrogens is 2. The molecule has 0 saturated carbocycles. The number of fused-ring (bicyclic) bond motifs is 2. The molecule has 0 radical (unpaired) electrons. The molecule has 0 bridgehead atoms. The van der Waals surface area contributed by atoms with E-state index < -0.39 is 20.9 Å². The molecule has 2 aromatic heterocycles. The summed E-state index contributed by atoms with van der Waals surface area (Å²) in [4.78, 5) is 39.4. The highest BCUT2D eigenvalue weighted by Gasteiger charge is 2.33. The summed E-state index contributed by atoms with van der Waals surface area (Å²) in [5, 5.41) is 16.9. The molecule has 16 heteroatoms. The zero-order valence-electron chi connectivity index (χ0n) is 34.8. The predicted molar refractivity (Wildman–Crippen MR) is 239 cm³/mol. The average Bonchev–Trinajstić information content (AvgIpc) is 3.87. The molecule has 3 aliphatic rings. The first-order valence-electron chi connectivity index (χ1n) is 20.6. The van der Waals surface area contributed by atoms with Crippen molar-refractivity contribution in [1.29, 1.82) is 0 Å². The number of H-pyrrole nitrogens is 1. The topological polar surface area (TPSA) is 166 Å². The standard InChI is InChI=1S/C45H51ClN8O6S/c1-45(2)14-11-31(39(26-45)29-5-7-33(46)8-6-29)28-52-17-19-53(20-18-52)35-9-10-38(41(24-35)60-36-22-30-12-15-47-43(30)48-27-36)44(55)50-61(58,59)37-23-32-21-34(13-16-51(3)4)49-42(32)40(25-37)54(56)57/h5-10,12,15,22-25,27,34,49H,11,13-14,16-21,26,28H2,1-4H3,(H,47,48)(H,50,55)/t34-/m0/s1. The van der Waals surface area contributed by atoms with E-state index >= 15 is 0 Å². The first-order valence-corrected chi connectivity index (χ1v) is 22.5. The van der Waals surface area contributed by atoms with Gasteiger partial charge in [-0.15, -0.1) is 0 Å². The number of rotatable bonds is 13. The van der Waals surface area contributed by atoms with Crippen molar-refractivity contribution in [3.05, 3.63) is 117 Å². The molecule has 320 valence electrons. The number of pyridine rings is 1. The average molecular weight is 867 g/mol. The fraction of sp³-hybridized carbons (Fsp3) is 0.378. The highest BCUT2D eigenvalue weighted by Crippen LogP contribution is 2.44. The quantitative estimate of drug-likeness (QED) is 0.0773. The number of nitro benzene ring substituents is 1. The number of hydrogen-bond acceptors (Lipinski definition) is 11. The fourth-order valence-electron chi connectivity index (χ4n) is 8.61. The number of nitrogens with zero attached hydrogens (tertiary/aromatic N) is 5. The van der Waals surface area contributed by atoms with Gasteiger partial charge in [-0.05, 0) is 117 Å². The van der Waals surface area contributed by atoms with Crippen LogP contribution in [0.4, 0.5) is 17.1 Å². The molecular formula is C45H51ClN8O6S. The Hall–Kier alpha value is -5.48. The lowest BCUT2D eigenvalue weighted by atomic mass is 9.72. The molecule has 1 aliphatic carbocycles. The highest BCUT2D eigenvalue weighted by molar-refractivity contribution is 7.90. The lowest BCUT2D eigenvalue weighted by molar-refractivity contribution is -0.384. The van der Waals surface area contributed by atoms with Gasteiger partial charge in [-0.3, -0.25) is 19.8 Å². The minimum absolute atomic E-state index is 0.0249. The Labute approximate surface area is 361 Å². The van der Waals surface area contributed by atoms with Crippen LogP contribution in [0.15, 0.2) is 89.6 Å². The van der Waals surface area contributed by atoms with Gasteiger partial charge in [0.15, 0.2) is 0 Å². The molecule has 2 aliphatic heterocycles. The zero-order valence-corrected chi connectivity index (χ0v) is 36.4. The molecule has 0 unspecified atom stereocenters. The lowest BCUT2D eigenvalue weighted by Gasteiger charge is -2.39. The first kappa shape index (κ1) is 42.2. The van der Waals surface area contributed by atoms with Crippen LogP contribution in [0.25, 0.3) is 16.6 Å². The van der Waals surface area contributed by atoms with Gasteiger partial charge in [0.1, 0.15) is 22.8 Å². The number of anilines is 2. The molecule has 61 heavy (non-hydrogen) atoms. The van der Waals surface area contributed by atoms with E-state index in [2.05, 4.69) is 55.8 Å². The van der Waals surface area contributed by atoms with Crippen molar-refractivity contribution in [2.24, 2.45) is 5.41 Å². The normalized spacial score (nSPS) is 18.0. The number of allylic oxidation sites excluding steroid dienone is 1. The van der Waals surface area contributed by atoms with Gasteiger partial charge in [0, 0.05) is 73.2 Å². The smallest absolute Gasteiger partial charge is 0.293 e. The molecule has 1 saturated heterocycles. The van der Waals surface area contributed by atoms with E-state index in [-0.39, 0.29) is 33.4 Å². The summed E-state index contributed by atoms with van der Waals surface area (Å²) in [6.45, 7) is 9.41. The van der Waals surface area contributed by atoms with Crippen LogP contribution in [0, 0.1) is 15.5 Å². The molecule has 1 fully saturated rings. The molecule has 3 aromatic carbocycles. The van der Waals surface area contributed by atoms with Crippen molar-refractivity contribution in [3.63, 3.8) is 0 Å². The number of hydrogen-bond donors (Lipinski definition) is 3. The van der Waals surface area contributed by atoms with Crippen molar-refractivity contribution in [1.82, 2.24) is 24.5 Å². The van der Waals surface area contributed by atoms with Crippen molar-refractivity contribution in [2.75, 3.05) is 63.6 Å². The van der Waals surface area contributed by atoms with Crippen molar-refractivity contribution in [2.45, 2.75) is 56.9 Å². The van der Waals surface area contributed by atoms with Gasteiger partial charge < -0.3 is 24.8 Å². The Bertz CT molecular complexity index is 2620. The molecule has 5 aromatic rings. The molecule has 4 heterocycles. The van der Waals surface area contributed by atoms with Crippen LogP contribution in [-0.2, 0) is 16.4 Å². The van der Waals surface area contributed by atoms with Gasteiger partial charge in [-0.2, -0.15) is 0 Å². The second kappa shape index (κ2) is 17.1. The summed E-state index contributed by atoms with van der Waals surface area (Å²) in [7, 11) is -0.674. The predicted octanol–water partition coefficient (Wildman–Crippen LogP) is 8.11. The number of nitrogens with one attached hydrogen (secondary N) is 3. The molecule has 3 N–H and O–H groups in total. The summed E-state index contributed by atoms with van der Waals surface area (Å²) in [5.74, 6) is -0.440. The number of benzene rings is 3. The van der Waals surface area contributed by atoms with Crippen LogP contribution >= 0.6 is 11.6 Å². The Balaban J connectivity index is 1.02. The number of piperazine rings is 1. The third kappa shape index (κ3) is 9.55. The van der Waals surface area contributed by atoms with Crippen molar-refractivity contribution in [3.8, 4) is 11.5 Å². The van der Waals surface area contributed by atoms with Crippen molar-refractivity contribution >= 4 is 61.2 Å². The van der Waals surface area contributed by atoms with Crippen LogP contribution < -0.4 is 19.7 Å². The van der Waals surface area contributed by atoms with Crippen LogP contribution in [0.2, 0.25) is 5.02 Å². The second-order valence-corrected chi connectivity index (χ2v) is 19.5. The summed E-state index contributed by atoms with van der Waals surface area (Å²) >= 11 is 6.24. The van der Waals surface area contributed by atoms with Gasteiger partial charge in [-0.1, -0.05) is 43.2 Å². The molecular weight excluding hydrogens is 816 g/mol. The van der Waals surface area contributed by atoms with Crippen LogP contribution in [0.3, 0.4) is 0 Å². The van der Waals surface area contributed by atoms with E-state index in [9.17, 15) is 23.3 Å². The summed E-state index contributed by atoms with van der Waals surface area (Å²) < 4.78 is 36.2. The molecule has 1 atom stereocenters. The number of halogens is 1. The number of nitro groups is 1. The highest BCUT2D eigenvalue weighted by atomic mass is 35.5. The number of carbonyl (C=O) groups excluding carboxylic acids is 1. The number of aromatic amines is 1. The fourth-order valence-corrected chi connectivity index (χ4v) is 9.77. The van der Waals surface area contributed by atoms with Gasteiger partial charge >= 0.3 is 0 Å². The summed E-state index contributed by atoms with van der Waals surface area (Å²) in [6, 6.07) is 19.2. The number of carbonyl (C=O) groups is 1. The van der Waals surface area contributed by atoms with E-state index in [0.717, 1.165) is 80.7 Å². The number of sulfonamides is 1. The molecule has 8 rings (SSSR count). The van der Waals surface area contributed by atoms with E-state index in [0.29, 0.717) is 35.5 Å². The second-order valence-electron chi connectivity index (χ2n) is 17.4. The largest absolute Gasteiger partial charge is 0.455 e. The minimum Gasteiger partial charge on any atom is -0.455 e. The molecule has 14 nitrogen and oxygen atoms in total. The maximum absolute atomic E-state index is 14.0. The van der Waals surface area contributed by atoms with E-state index in [1.54, 1.807) is 30.5 Å². The van der Waals surface area contributed by atoms with Crippen molar-refractivity contribution < 1.29 is 22.9 Å². The maximum atomic E-state index is 14.0. The Kier molecular flexibility index (Phi) is 11.8. The van der Waals surface area contributed by atoms with Gasteiger partial charge in [0.25, 0.3) is 21.6 Å². The molecule has 1 amide bonds. The first-order chi connectivity index (χ1) is 29.1. The monoisotopic (exact) mass is 866 g/mol. The van der Waals surface area contributed by atoms with E-state index in [1.165, 1.54) is 29.0 Å². The third-order valence-corrected chi connectivity index (χ3v) is 13.6. The Morgan fingerprint density at radius 1 is 1.07 bits per heavy atom. The van der Waals surface area contributed by atoms with Gasteiger partial charge in [0.05, 0.1) is 21.6 Å². The van der Waals surface area contributed by atoms with Gasteiger partial charge in [-0.25, -0.2) is 18.1 Å². The third-order valence-electron chi connectivity index (χ3n) is 12.0. The van der Waals surface area contributed by atoms with E-state index in [4.69, 9.17) is 16.3 Å². The van der Waals surface area contributed by atoms with Crippen LogP contribution in [0.5, 0.6) is 11.5 Å². The maximum Gasteiger partial charge on any atom is 0.293 e. The Morgan fingerprint density at radius 2 is 1.84 bits per heavy atom. The summed E-state index contributed by atoms with van der Waals surface area (Å²) in [6.07, 6.45) is 7.62. The van der Waals surface area contributed by atoms with Gasteiger partial charge in [0.2, 0.25) is 0 Å². The minimum atomic E-state index is -4.56.